The molecule has 0 aliphatic carbocycles. The highest BCUT2D eigenvalue weighted by Gasteiger charge is 2.40. The Morgan fingerprint density at radius 1 is 0.923 bits per heavy atom. The van der Waals surface area contributed by atoms with Crippen LogP contribution in [0.2, 0.25) is 0 Å². The third-order valence-electron chi connectivity index (χ3n) is 4.21. The number of carbonyl (C=O) groups excluding carboxylic acids is 2. The number of hydrogen-bond acceptors (Lipinski definition) is 5. The SMILES string of the molecule is O=C(OCc1ccccc1)C1CC(O)CN1C(=O)OCc1ccccc1. The van der Waals surface area contributed by atoms with Crippen LogP contribution >= 0.6 is 0 Å². The molecule has 0 spiro atoms. The fourth-order valence-electron chi connectivity index (χ4n) is 2.87. The Morgan fingerprint density at radius 3 is 2.04 bits per heavy atom. The lowest BCUT2D eigenvalue weighted by Crippen LogP contribution is -2.41. The van der Waals surface area contributed by atoms with E-state index in [1.165, 1.54) is 4.90 Å². The molecule has 6 nitrogen and oxygen atoms in total. The third-order valence-corrected chi connectivity index (χ3v) is 4.21. The van der Waals surface area contributed by atoms with Gasteiger partial charge in [0.25, 0.3) is 0 Å². The van der Waals surface area contributed by atoms with Gasteiger partial charge in [-0.3, -0.25) is 4.90 Å². The van der Waals surface area contributed by atoms with Gasteiger partial charge in [0.2, 0.25) is 0 Å². The van der Waals surface area contributed by atoms with E-state index in [2.05, 4.69) is 0 Å². The van der Waals surface area contributed by atoms with Crippen LogP contribution in [0.5, 0.6) is 0 Å². The van der Waals surface area contributed by atoms with Gasteiger partial charge >= 0.3 is 12.1 Å². The molecular formula is C20H21NO5. The lowest BCUT2D eigenvalue weighted by Gasteiger charge is -2.22. The van der Waals surface area contributed by atoms with Crippen molar-refractivity contribution < 1.29 is 24.2 Å². The maximum Gasteiger partial charge on any atom is 0.410 e. The number of benzene rings is 2. The van der Waals surface area contributed by atoms with Gasteiger partial charge in [0.05, 0.1) is 12.6 Å². The van der Waals surface area contributed by atoms with Gasteiger partial charge in [0.15, 0.2) is 0 Å². The zero-order chi connectivity index (χ0) is 18.4. The van der Waals surface area contributed by atoms with Crippen molar-refractivity contribution in [2.24, 2.45) is 0 Å². The molecule has 2 unspecified atom stereocenters. The number of rotatable bonds is 5. The molecule has 1 amide bonds. The van der Waals surface area contributed by atoms with E-state index >= 15 is 0 Å². The quantitative estimate of drug-likeness (QED) is 0.834. The van der Waals surface area contributed by atoms with Crippen molar-refractivity contribution >= 4 is 12.1 Å². The van der Waals surface area contributed by atoms with Gasteiger partial charge in [-0.05, 0) is 11.1 Å². The first-order valence-electron chi connectivity index (χ1n) is 8.49. The highest BCUT2D eigenvalue weighted by atomic mass is 16.6. The number of hydrogen-bond donors (Lipinski definition) is 1. The maximum atomic E-state index is 12.4. The molecule has 0 saturated carbocycles. The largest absolute Gasteiger partial charge is 0.459 e. The molecule has 1 aliphatic heterocycles. The van der Waals surface area contributed by atoms with Crippen LogP contribution in [0, 0.1) is 0 Å². The van der Waals surface area contributed by atoms with Crippen molar-refractivity contribution in [3.8, 4) is 0 Å². The first-order valence-corrected chi connectivity index (χ1v) is 8.49. The molecule has 2 aromatic carbocycles. The monoisotopic (exact) mass is 355 g/mol. The molecular weight excluding hydrogens is 334 g/mol. The lowest BCUT2D eigenvalue weighted by atomic mass is 10.2. The van der Waals surface area contributed by atoms with Crippen molar-refractivity contribution in [1.29, 1.82) is 0 Å². The average molecular weight is 355 g/mol. The van der Waals surface area contributed by atoms with E-state index < -0.39 is 24.2 Å². The molecule has 0 aromatic heterocycles. The van der Waals surface area contributed by atoms with Crippen molar-refractivity contribution in [2.75, 3.05) is 6.54 Å². The Labute approximate surface area is 152 Å². The second-order valence-corrected chi connectivity index (χ2v) is 6.19. The van der Waals surface area contributed by atoms with Crippen LogP contribution in [0.15, 0.2) is 60.7 Å². The van der Waals surface area contributed by atoms with E-state index in [-0.39, 0.29) is 26.2 Å². The summed E-state index contributed by atoms with van der Waals surface area (Å²) < 4.78 is 10.6. The molecule has 1 heterocycles. The molecule has 1 N–H and O–H groups in total. The minimum atomic E-state index is -0.836. The van der Waals surface area contributed by atoms with Gasteiger partial charge in [-0.2, -0.15) is 0 Å². The highest BCUT2D eigenvalue weighted by molar-refractivity contribution is 5.82. The number of esters is 1. The first-order chi connectivity index (χ1) is 12.6. The van der Waals surface area contributed by atoms with Crippen LogP contribution in [-0.4, -0.2) is 40.8 Å². The average Bonchev–Trinajstić information content (AvgIpc) is 3.08. The summed E-state index contributed by atoms with van der Waals surface area (Å²) in [5, 5.41) is 9.88. The molecule has 6 heteroatoms. The highest BCUT2D eigenvalue weighted by Crippen LogP contribution is 2.21. The maximum absolute atomic E-state index is 12.4. The Hall–Kier alpha value is -2.86. The van der Waals surface area contributed by atoms with Crippen molar-refractivity contribution in [3.63, 3.8) is 0 Å². The van der Waals surface area contributed by atoms with Crippen molar-refractivity contribution in [2.45, 2.75) is 31.8 Å². The second kappa shape index (κ2) is 8.49. The molecule has 136 valence electrons. The summed E-state index contributed by atoms with van der Waals surface area (Å²) in [6, 6.07) is 17.7. The van der Waals surface area contributed by atoms with E-state index in [0.717, 1.165) is 11.1 Å². The summed E-state index contributed by atoms with van der Waals surface area (Å²) in [7, 11) is 0. The summed E-state index contributed by atoms with van der Waals surface area (Å²) in [5.41, 5.74) is 1.71. The Balaban J connectivity index is 1.56. The van der Waals surface area contributed by atoms with E-state index in [9.17, 15) is 14.7 Å². The fourth-order valence-corrected chi connectivity index (χ4v) is 2.87. The van der Waals surface area contributed by atoms with Gasteiger partial charge in [-0.15, -0.1) is 0 Å². The summed E-state index contributed by atoms with van der Waals surface area (Å²) in [5.74, 6) is -0.540. The predicted octanol–water partition coefficient (Wildman–Crippen LogP) is 2.50. The smallest absolute Gasteiger partial charge is 0.410 e. The molecule has 1 saturated heterocycles. The summed E-state index contributed by atoms with van der Waals surface area (Å²) in [6.07, 6.45) is -1.26. The fraction of sp³-hybridized carbons (Fsp3) is 0.300. The number of nitrogens with zero attached hydrogens (tertiary/aromatic N) is 1. The van der Waals surface area contributed by atoms with E-state index in [4.69, 9.17) is 9.47 Å². The molecule has 2 aromatic rings. The number of carbonyl (C=O) groups is 2. The van der Waals surface area contributed by atoms with Crippen molar-refractivity contribution in [3.05, 3.63) is 71.8 Å². The Morgan fingerprint density at radius 2 is 1.46 bits per heavy atom. The third kappa shape index (κ3) is 4.61. The van der Waals surface area contributed by atoms with Crippen LogP contribution in [-0.2, 0) is 27.5 Å². The number of ether oxygens (including phenoxy) is 2. The van der Waals surface area contributed by atoms with Crippen LogP contribution in [0.25, 0.3) is 0 Å². The standard InChI is InChI=1S/C20H21NO5/c22-17-11-18(19(23)25-13-15-7-3-1-4-8-15)21(12-17)20(24)26-14-16-9-5-2-6-10-16/h1-10,17-18,22H,11-14H2. The van der Waals surface area contributed by atoms with Crippen LogP contribution in [0.1, 0.15) is 17.5 Å². The Bertz CT molecular complexity index is 671. The summed E-state index contributed by atoms with van der Waals surface area (Å²) >= 11 is 0. The number of amides is 1. The van der Waals surface area contributed by atoms with Gasteiger partial charge in [-0.25, -0.2) is 9.59 Å². The minimum Gasteiger partial charge on any atom is -0.459 e. The number of aliphatic hydroxyl groups excluding tert-OH is 1. The topological polar surface area (TPSA) is 76.1 Å². The molecule has 0 radical (unpaired) electrons. The van der Waals surface area contributed by atoms with E-state index in [1.807, 2.05) is 60.7 Å². The number of β-amino-alcohol motifs (C(OH)–C–C–N with tert-alkyl or cyclic N) is 1. The van der Waals surface area contributed by atoms with Crippen LogP contribution in [0.4, 0.5) is 4.79 Å². The number of aliphatic hydroxyl groups is 1. The predicted molar refractivity (Wildman–Crippen MR) is 94.0 cm³/mol. The van der Waals surface area contributed by atoms with Crippen molar-refractivity contribution in [1.82, 2.24) is 4.90 Å². The van der Waals surface area contributed by atoms with Gasteiger partial charge < -0.3 is 14.6 Å². The zero-order valence-corrected chi connectivity index (χ0v) is 14.3. The van der Waals surface area contributed by atoms with Crippen LogP contribution < -0.4 is 0 Å². The Kier molecular flexibility index (Phi) is 5.86. The zero-order valence-electron chi connectivity index (χ0n) is 14.3. The second-order valence-electron chi connectivity index (χ2n) is 6.19. The summed E-state index contributed by atoms with van der Waals surface area (Å²) in [4.78, 5) is 25.9. The minimum absolute atomic E-state index is 0.0543. The summed E-state index contributed by atoms with van der Waals surface area (Å²) in [6.45, 7) is 0.288. The van der Waals surface area contributed by atoms with Gasteiger partial charge in [0.1, 0.15) is 19.3 Å². The van der Waals surface area contributed by atoms with Crippen LogP contribution in [0.3, 0.4) is 0 Å². The van der Waals surface area contributed by atoms with Gasteiger partial charge in [-0.1, -0.05) is 60.7 Å². The molecule has 3 rings (SSSR count). The van der Waals surface area contributed by atoms with E-state index in [0.29, 0.717) is 0 Å². The normalized spacial score (nSPS) is 19.2. The first kappa shape index (κ1) is 17.9. The van der Waals surface area contributed by atoms with Gasteiger partial charge in [0, 0.05) is 6.42 Å². The molecule has 1 aliphatic rings. The van der Waals surface area contributed by atoms with E-state index in [1.54, 1.807) is 0 Å². The number of likely N-dealkylation sites (tertiary alicyclic amines) is 1. The lowest BCUT2D eigenvalue weighted by molar-refractivity contribution is -0.149. The molecule has 0 bridgehead atoms. The molecule has 26 heavy (non-hydrogen) atoms. The molecule has 1 fully saturated rings. The molecule has 2 atom stereocenters.